The minimum absolute atomic E-state index is 0.0856. The van der Waals surface area contributed by atoms with E-state index in [1.54, 1.807) is 6.33 Å². The van der Waals surface area contributed by atoms with Crippen molar-refractivity contribution in [2.24, 2.45) is 0 Å². The van der Waals surface area contributed by atoms with Crippen LogP contribution in [0.15, 0.2) is 18.6 Å². The number of aromatic amines is 2. The molecular weight excluding hydrogens is 178 g/mol. The van der Waals surface area contributed by atoms with Crippen LogP contribution in [0.5, 0.6) is 0 Å². The Bertz CT molecular complexity index is 493. The molecule has 0 aromatic carbocycles. The topological polar surface area (TPSA) is 63.1 Å². The van der Waals surface area contributed by atoms with E-state index in [-0.39, 0.29) is 6.61 Å². The van der Waals surface area contributed by atoms with Crippen LogP contribution in [0, 0.1) is 11.8 Å². The molecule has 0 amide bonds. The van der Waals surface area contributed by atoms with E-state index in [2.05, 4.69) is 26.8 Å². The third-order valence-corrected chi connectivity index (χ3v) is 1.85. The van der Waals surface area contributed by atoms with Crippen molar-refractivity contribution in [3.8, 4) is 11.8 Å². The van der Waals surface area contributed by atoms with Crippen LogP contribution in [0.4, 0.5) is 0 Å². The fraction of sp³-hybridized carbons (Fsp3) is 0.200. The highest BCUT2D eigenvalue weighted by Gasteiger charge is 2.05. The molecule has 4 heteroatoms. The van der Waals surface area contributed by atoms with Gasteiger partial charge in [-0.2, -0.15) is 0 Å². The summed E-state index contributed by atoms with van der Waals surface area (Å²) in [7, 11) is 0. The van der Waals surface area contributed by atoms with Gasteiger partial charge in [0.25, 0.3) is 0 Å². The lowest BCUT2D eigenvalue weighted by atomic mass is 10.3. The maximum Gasteiger partial charge on any atom is 0.235 e. The van der Waals surface area contributed by atoms with Gasteiger partial charge in [0.2, 0.25) is 17.7 Å². The van der Waals surface area contributed by atoms with Crippen molar-refractivity contribution in [2.75, 3.05) is 6.61 Å². The lowest BCUT2D eigenvalue weighted by molar-refractivity contribution is -0.352. The van der Waals surface area contributed by atoms with E-state index in [0.717, 1.165) is 16.7 Å². The van der Waals surface area contributed by atoms with Gasteiger partial charge in [-0.15, -0.1) is 4.98 Å². The highest BCUT2D eigenvalue weighted by molar-refractivity contribution is 5.78. The summed E-state index contributed by atoms with van der Waals surface area (Å²) in [6.45, 7) is 0.0856. The second kappa shape index (κ2) is 3.90. The molecule has 2 aromatic rings. The van der Waals surface area contributed by atoms with E-state index in [4.69, 9.17) is 5.11 Å². The molecule has 0 aliphatic carbocycles. The smallest absolute Gasteiger partial charge is 0.235 e. The summed E-state index contributed by atoms with van der Waals surface area (Å²) in [5.74, 6) is 5.76. The first kappa shape index (κ1) is 8.73. The number of aliphatic hydroxyl groups is 1. The normalized spacial score (nSPS) is 9.79. The average Bonchev–Trinajstić information content (AvgIpc) is 2.67. The average molecular weight is 188 g/mol. The van der Waals surface area contributed by atoms with Gasteiger partial charge in [0, 0.05) is 6.42 Å². The Balaban J connectivity index is 2.43. The minimum Gasteiger partial charge on any atom is -0.395 e. The van der Waals surface area contributed by atoms with Crippen molar-refractivity contribution in [3.05, 3.63) is 24.3 Å². The SMILES string of the molecule is OCCC#Cc1nc[nH+]c2[nH]ccc12. The molecule has 0 saturated heterocycles. The predicted molar refractivity (Wildman–Crippen MR) is 51.2 cm³/mol. The van der Waals surface area contributed by atoms with E-state index in [1.807, 2.05) is 12.3 Å². The van der Waals surface area contributed by atoms with Gasteiger partial charge in [0.1, 0.15) is 5.39 Å². The minimum atomic E-state index is 0.0856. The molecule has 3 N–H and O–H groups in total. The molecule has 70 valence electrons. The van der Waals surface area contributed by atoms with Gasteiger partial charge in [-0.05, 0) is 12.0 Å². The molecule has 0 fully saturated rings. The van der Waals surface area contributed by atoms with Crippen LogP contribution < -0.4 is 4.98 Å². The van der Waals surface area contributed by atoms with Crippen LogP contribution >= 0.6 is 0 Å². The Kier molecular flexibility index (Phi) is 2.43. The van der Waals surface area contributed by atoms with Crippen LogP contribution in [0.3, 0.4) is 0 Å². The summed E-state index contributed by atoms with van der Waals surface area (Å²) in [6.07, 6.45) is 3.91. The van der Waals surface area contributed by atoms with Gasteiger partial charge >= 0.3 is 0 Å². The molecule has 14 heavy (non-hydrogen) atoms. The van der Waals surface area contributed by atoms with E-state index in [9.17, 15) is 0 Å². The van der Waals surface area contributed by atoms with Gasteiger partial charge in [-0.25, -0.2) is 4.98 Å². The molecule has 0 bridgehead atoms. The van der Waals surface area contributed by atoms with Gasteiger partial charge in [0.05, 0.1) is 12.8 Å². The van der Waals surface area contributed by atoms with Crippen molar-refractivity contribution >= 4 is 11.0 Å². The Hall–Kier alpha value is -1.86. The Labute approximate surface area is 81.0 Å². The quantitative estimate of drug-likeness (QED) is 0.624. The number of aromatic nitrogens is 3. The van der Waals surface area contributed by atoms with E-state index in [0.29, 0.717) is 6.42 Å². The molecular formula is C10H10N3O+. The van der Waals surface area contributed by atoms with Crippen molar-refractivity contribution in [2.45, 2.75) is 6.42 Å². The zero-order valence-corrected chi connectivity index (χ0v) is 7.54. The second-order valence-electron chi connectivity index (χ2n) is 2.79. The molecule has 0 saturated carbocycles. The number of H-pyrrole nitrogens is 2. The van der Waals surface area contributed by atoms with Crippen LogP contribution in [0.1, 0.15) is 12.1 Å². The molecule has 2 aromatic heterocycles. The second-order valence-corrected chi connectivity index (χ2v) is 2.79. The van der Waals surface area contributed by atoms with Crippen LogP contribution in [-0.2, 0) is 0 Å². The number of rotatable bonds is 1. The maximum atomic E-state index is 8.58. The van der Waals surface area contributed by atoms with Crippen molar-refractivity contribution in [3.63, 3.8) is 0 Å². The van der Waals surface area contributed by atoms with Crippen LogP contribution in [-0.4, -0.2) is 21.7 Å². The number of hydrogen-bond acceptors (Lipinski definition) is 2. The number of hydrogen-bond donors (Lipinski definition) is 2. The van der Waals surface area contributed by atoms with Crippen molar-refractivity contribution in [1.29, 1.82) is 0 Å². The van der Waals surface area contributed by atoms with Gasteiger partial charge in [-0.3, -0.25) is 4.98 Å². The maximum absolute atomic E-state index is 8.58. The molecule has 0 spiro atoms. The lowest BCUT2D eigenvalue weighted by Crippen LogP contribution is -2.05. The van der Waals surface area contributed by atoms with Gasteiger partial charge < -0.3 is 5.11 Å². The molecule has 4 nitrogen and oxygen atoms in total. The molecule has 0 unspecified atom stereocenters. The summed E-state index contributed by atoms with van der Waals surface area (Å²) >= 11 is 0. The lowest BCUT2D eigenvalue weighted by Gasteiger charge is -1.85. The molecule has 2 heterocycles. The predicted octanol–water partition coefficient (Wildman–Crippen LogP) is 0.111. The molecule has 2 rings (SSSR count). The third kappa shape index (κ3) is 1.58. The Morgan fingerprint density at radius 3 is 3.36 bits per heavy atom. The number of nitrogens with one attached hydrogen (secondary N) is 2. The van der Waals surface area contributed by atoms with Crippen molar-refractivity contribution in [1.82, 2.24) is 9.97 Å². The highest BCUT2D eigenvalue weighted by Crippen LogP contribution is 2.08. The fourth-order valence-electron chi connectivity index (χ4n) is 1.22. The van der Waals surface area contributed by atoms with Gasteiger partial charge in [-0.1, -0.05) is 5.92 Å². The monoisotopic (exact) mass is 188 g/mol. The molecule has 0 aliphatic rings. The largest absolute Gasteiger partial charge is 0.395 e. The first-order valence-electron chi connectivity index (χ1n) is 4.35. The first-order chi connectivity index (χ1) is 6.92. The van der Waals surface area contributed by atoms with Crippen molar-refractivity contribution < 1.29 is 10.1 Å². The summed E-state index contributed by atoms with van der Waals surface area (Å²) in [5, 5.41) is 9.55. The number of fused-ring (bicyclic) bond motifs is 1. The zero-order chi connectivity index (χ0) is 9.80. The van der Waals surface area contributed by atoms with E-state index < -0.39 is 0 Å². The van der Waals surface area contributed by atoms with Crippen LogP contribution in [0.25, 0.3) is 11.0 Å². The third-order valence-electron chi connectivity index (χ3n) is 1.85. The first-order valence-corrected chi connectivity index (χ1v) is 4.35. The summed E-state index contributed by atoms with van der Waals surface area (Å²) in [5.41, 5.74) is 1.64. The fourth-order valence-corrected chi connectivity index (χ4v) is 1.22. The van der Waals surface area contributed by atoms with Crippen LogP contribution in [0.2, 0.25) is 0 Å². The highest BCUT2D eigenvalue weighted by atomic mass is 16.2. The van der Waals surface area contributed by atoms with E-state index >= 15 is 0 Å². The summed E-state index contributed by atoms with van der Waals surface area (Å²) in [6, 6.07) is 1.92. The number of aliphatic hydroxyl groups excluding tert-OH is 1. The molecule has 0 atom stereocenters. The summed E-state index contributed by atoms with van der Waals surface area (Å²) < 4.78 is 0. The standard InChI is InChI=1S/C10H9N3O/c14-6-2-1-3-9-8-4-5-11-10(8)13-7-12-9/h4-5,7,14H,2,6H2,(H,11,12,13)/p+1. The zero-order valence-electron chi connectivity index (χ0n) is 7.54. The van der Waals surface area contributed by atoms with Gasteiger partial charge in [0.15, 0.2) is 0 Å². The summed E-state index contributed by atoms with van der Waals surface area (Å²) in [4.78, 5) is 10.1. The molecule has 0 aliphatic heterocycles. The Morgan fingerprint density at radius 1 is 1.57 bits per heavy atom. The molecule has 0 radical (unpaired) electrons. The number of nitrogens with zero attached hydrogens (tertiary/aromatic N) is 1. The Morgan fingerprint density at radius 2 is 2.50 bits per heavy atom. The van der Waals surface area contributed by atoms with E-state index in [1.165, 1.54) is 0 Å².